The van der Waals surface area contributed by atoms with Gasteiger partial charge >= 0.3 is 0 Å². The highest BCUT2D eigenvalue weighted by Gasteiger charge is 2.16. The molecule has 1 atom stereocenters. The molecule has 0 saturated heterocycles. The van der Waals surface area contributed by atoms with Crippen LogP contribution < -0.4 is 21.3 Å². The molecule has 1 aromatic rings. The lowest BCUT2D eigenvalue weighted by Gasteiger charge is -2.14. The van der Waals surface area contributed by atoms with Crippen molar-refractivity contribution < 1.29 is 9.53 Å². The van der Waals surface area contributed by atoms with Crippen molar-refractivity contribution in [2.24, 2.45) is 5.73 Å². The summed E-state index contributed by atoms with van der Waals surface area (Å²) < 4.78 is 5.23. The largest absolute Gasteiger partial charge is 0.496 e. The molecule has 4 N–H and O–H groups in total. The predicted octanol–water partition coefficient (Wildman–Crippen LogP) is 0.508. The molecule has 5 heteroatoms. The van der Waals surface area contributed by atoms with E-state index >= 15 is 0 Å². The zero-order valence-electron chi connectivity index (χ0n) is 10.4. The summed E-state index contributed by atoms with van der Waals surface area (Å²) in [7, 11) is 3.25. The van der Waals surface area contributed by atoms with Gasteiger partial charge in [0.05, 0.1) is 7.11 Å². The average Bonchev–Trinajstić information content (AvgIpc) is 2.37. The fourth-order valence-electron chi connectivity index (χ4n) is 1.62. The molecule has 0 aliphatic rings. The van der Waals surface area contributed by atoms with Crippen molar-refractivity contribution in [3.05, 3.63) is 29.3 Å². The van der Waals surface area contributed by atoms with E-state index in [1.54, 1.807) is 20.2 Å². The molecule has 94 valence electrons. The number of carbonyl (C=O) groups is 1. The minimum absolute atomic E-state index is 0.264. The first kappa shape index (κ1) is 13.5. The average molecular weight is 237 g/mol. The smallest absolute Gasteiger partial charge is 0.255 e. The number of carbonyl (C=O) groups excluding carboxylic acids is 1. The lowest BCUT2D eigenvalue weighted by Crippen LogP contribution is -2.40. The summed E-state index contributed by atoms with van der Waals surface area (Å²) in [5.41, 5.74) is 12.7. The number of amides is 1. The standard InChI is InChI=1S/C12H19N3O2/c1-4-8-7-9(5-6-10(8)17-3)11(13)12(16)15-14-2/h5-7,11,14H,4,13H2,1-3H3,(H,15,16). The number of nitrogens with two attached hydrogens (primary N) is 1. The number of nitrogens with one attached hydrogen (secondary N) is 2. The molecular formula is C12H19N3O2. The Morgan fingerprint density at radius 1 is 1.53 bits per heavy atom. The van der Waals surface area contributed by atoms with Crippen LogP contribution in [0.3, 0.4) is 0 Å². The second-order valence-electron chi connectivity index (χ2n) is 3.64. The molecule has 17 heavy (non-hydrogen) atoms. The fraction of sp³-hybridized carbons (Fsp3) is 0.417. The van der Waals surface area contributed by atoms with Crippen molar-refractivity contribution in [2.45, 2.75) is 19.4 Å². The van der Waals surface area contributed by atoms with Gasteiger partial charge in [0.25, 0.3) is 5.91 Å². The number of methoxy groups -OCH3 is 1. The van der Waals surface area contributed by atoms with E-state index in [0.717, 1.165) is 23.3 Å². The molecule has 0 aliphatic carbocycles. The summed E-state index contributed by atoms with van der Waals surface area (Å²) in [6.45, 7) is 2.03. The molecule has 5 nitrogen and oxygen atoms in total. The van der Waals surface area contributed by atoms with Crippen LogP contribution in [0.2, 0.25) is 0 Å². The molecule has 0 aliphatic heterocycles. The van der Waals surface area contributed by atoms with Crippen LogP contribution in [0, 0.1) is 0 Å². The van der Waals surface area contributed by atoms with Gasteiger partial charge in [-0.3, -0.25) is 10.2 Å². The quantitative estimate of drug-likeness (QED) is 0.652. The number of aryl methyl sites for hydroxylation is 1. The lowest BCUT2D eigenvalue weighted by molar-refractivity contribution is -0.123. The Hall–Kier alpha value is -1.59. The molecule has 0 heterocycles. The summed E-state index contributed by atoms with van der Waals surface area (Å²) >= 11 is 0. The number of ether oxygens (including phenoxy) is 1. The van der Waals surface area contributed by atoms with Crippen molar-refractivity contribution in [3.63, 3.8) is 0 Å². The van der Waals surface area contributed by atoms with E-state index in [1.807, 2.05) is 19.1 Å². The Labute approximate surface area is 101 Å². The summed E-state index contributed by atoms with van der Waals surface area (Å²) in [6.07, 6.45) is 0.831. The molecule has 0 bridgehead atoms. The van der Waals surface area contributed by atoms with Crippen molar-refractivity contribution in [1.82, 2.24) is 10.9 Å². The van der Waals surface area contributed by atoms with Gasteiger partial charge in [0.2, 0.25) is 0 Å². The molecule has 0 radical (unpaired) electrons. The number of benzene rings is 1. The molecule has 0 spiro atoms. The molecule has 1 amide bonds. The van der Waals surface area contributed by atoms with Crippen molar-refractivity contribution in [1.29, 1.82) is 0 Å². The van der Waals surface area contributed by atoms with Gasteiger partial charge in [0, 0.05) is 7.05 Å². The monoisotopic (exact) mass is 237 g/mol. The van der Waals surface area contributed by atoms with Gasteiger partial charge in [-0.15, -0.1) is 0 Å². The third-order valence-corrected chi connectivity index (χ3v) is 2.58. The first-order valence-corrected chi connectivity index (χ1v) is 5.53. The Kier molecular flexibility index (Phi) is 4.93. The summed E-state index contributed by atoms with van der Waals surface area (Å²) in [6, 6.07) is 4.86. The first-order valence-electron chi connectivity index (χ1n) is 5.53. The van der Waals surface area contributed by atoms with Crippen molar-refractivity contribution >= 4 is 5.91 Å². The van der Waals surface area contributed by atoms with Crippen LogP contribution in [0.4, 0.5) is 0 Å². The van der Waals surface area contributed by atoms with Crippen molar-refractivity contribution in [2.75, 3.05) is 14.2 Å². The topological polar surface area (TPSA) is 76.4 Å². The van der Waals surface area contributed by atoms with E-state index < -0.39 is 6.04 Å². The Balaban J connectivity index is 2.95. The molecule has 1 aromatic carbocycles. The van der Waals surface area contributed by atoms with Gasteiger partial charge in [-0.05, 0) is 23.6 Å². The molecule has 1 unspecified atom stereocenters. The van der Waals surface area contributed by atoms with Crippen LogP contribution >= 0.6 is 0 Å². The molecule has 1 rings (SSSR count). The number of rotatable bonds is 5. The highest BCUT2D eigenvalue weighted by molar-refractivity contribution is 5.82. The van der Waals surface area contributed by atoms with Gasteiger partial charge in [-0.1, -0.05) is 19.1 Å². The van der Waals surface area contributed by atoms with E-state index in [0.29, 0.717) is 0 Å². The maximum atomic E-state index is 11.6. The SMILES string of the molecule is CCc1cc(C(N)C(=O)NNC)ccc1OC. The summed E-state index contributed by atoms with van der Waals surface area (Å²) in [4.78, 5) is 11.6. The molecule has 0 fully saturated rings. The number of hydrogen-bond donors (Lipinski definition) is 3. The van der Waals surface area contributed by atoms with Crippen LogP contribution in [0.1, 0.15) is 24.1 Å². The molecular weight excluding hydrogens is 218 g/mol. The lowest BCUT2D eigenvalue weighted by atomic mass is 10.0. The molecule has 0 aromatic heterocycles. The van der Waals surface area contributed by atoms with Gasteiger partial charge in [0.1, 0.15) is 11.8 Å². The van der Waals surface area contributed by atoms with E-state index in [1.165, 1.54) is 0 Å². The Morgan fingerprint density at radius 3 is 2.76 bits per heavy atom. The van der Waals surface area contributed by atoms with E-state index in [2.05, 4.69) is 10.9 Å². The van der Waals surface area contributed by atoms with Crippen molar-refractivity contribution in [3.8, 4) is 5.75 Å². The maximum absolute atomic E-state index is 11.6. The minimum Gasteiger partial charge on any atom is -0.496 e. The highest BCUT2D eigenvalue weighted by atomic mass is 16.5. The molecule has 0 saturated carbocycles. The van der Waals surface area contributed by atoms with E-state index in [-0.39, 0.29) is 5.91 Å². The predicted molar refractivity (Wildman–Crippen MR) is 66.5 cm³/mol. The highest BCUT2D eigenvalue weighted by Crippen LogP contribution is 2.23. The zero-order valence-corrected chi connectivity index (χ0v) is 10.4. The maximum Gasteiger partial charge on any atom is 0.255 e. The van der Waals surface area contributed by atoms with Gasteiger partial charge in [-0.2, -0.15) is 0 Å². The minimum atomic E-state index is -0.682. The Morgan fingerprint density at radius 2 is 2.24 bits per heavy atom. The van der Waals surface area contributed by atoms with Crippen LogP contribution in [-0.4, -0.2) is 20.1 Å². The van der Waals surface area contributed by atoms with Gasteiger partial charge in [0.15, 0.2) is 0 Å². The summed E-state index contributed by atoms with van der Waals surface area (Å²) in [5, 5.41) is 0. The third-order valence-electron chi connectivity index (χ3n) is 2.58. The van der Waals surface area contributed by atoms with E-state index in [4.69, 9.17) is 10.5 Å². The van der Waals surface area contributed by atoms with Gasteiger partial charge < -0.3 is 10.5 Å². The Bertz CT molecular complexity index is 393. The first-order chi connectivity index (χ1) is 8.13. The number of hydrazine groups is 1. The van der Waals surface area contributed by atoms with Crippen LogP contribution in [0.25, 0.3) is 0 Å². The summed E-state index contributed by atoms with van der Waals surface area (Å²) in [5.74, 6) is 0.553. The van der Waals surface area contributed by atoms with E-state index in [9.17, 15) is 4.79 Å². The van der Waals surface area contributed by atoms with Gasteiger partial charge in [-0.25, -0.2) is 5.43 Å². The fourth-order valence-corrected chi connectivity index (χ4v) is 1.62. The van der Waals surface area contributed by atoms with Crippen LogP contribution in [0.15, 0.2) is 18.2 Å². The van der Waals surface area contributed by atoms with Crippen LogP contribution in [0.5, 0.6) is 5.75 Å². The third kappa shape index (κ3) is 3.18. The number of hydrogen-bond acceptors (Lipinski definition) is 4. The normalized spacial score (nSPS) is 12.0. The van der Waals surface area contributed by atoms with Crippen LogP contribution in [-0.2, 0) is 11.2 Å². The second kappa shape index (κ2) is 6.22. The zero-order chi connectivity index (χ0) is 12.8. The second-order valence-corrected chi connectivity index (χ2v) is 3.64.